The summed E-state index contributed by atoms with van der Waals surface area (Å²) in [4.78, 5) is 41.2. The molecule has 2 heterocycles. The number of pyridine rings is 1. The van der Waals surface area contributed by atoms with Crippen LogP contribution >= 0.6 is 11.6 Å². The number of hydrogen-bond acceptors (Lipinski definition) is 5. The van der Waals surface area contributed by atoms with Gasteiger partial charge in [0.2, 0.25) is 0 Å². The average Bonchev–Trinajstić information content (AvgIpc) is 2.79. The van der Waals surface area contributed by atoms with Crippen molar-refractivity contribution in [1.82, 2.24) is 9.47 Å². The lowest BCUT2D eigenvalue weighted by Gasteiger charge is -2.29. The van der Waals surface area contributed by atoms with Gasteiger partial charge in [-0.3, -0.25) is 9.59 Å². The number of nitrogens with zero attached hydrogens (tertiary/aromatic N) is 3. The Bertz CT molecular complexity index is 1470. The van der Waals surface area contributed by atoms with Crippen molar-refractivity contribution in [2.75, 3.05) is 32.1 Å². The highest BCUT2D eigenvalue weighted by Gasteiger charge is 2.25. The van der Waals surface area contributed by atoms with Crippen LogP contribution in [-0.2, 0) is 16.1 Å². The van der Waals surface area contributed by atoms with Crippen LogP contribution in [-0.4, -0.2) is 59.4 Å². The lowest BCUT2D eigenvalue weighted by molar-refractivity contribution is -0.137. The van der Waals surface area contributed by atoms with Gasteiger partial charge in [-0.1, -0.05) is 23.7 Å². The van der Waals surface area contributed by atoms with Gasteiger partial charge in [-0.05, 0) is 62.6 Å². The van der Waals surface area contributed by atoms with Crippen LogP contribution in [0.4, 0.5) is 10.5 Å². The predicted octanol–water partition coefficient (Wildman–Crippen LogP) is 4.98. The van der Waals surface area contributed by atoms with Crippen molar-refractivity contribution in [2.24, 2.45) is 0 Å². The molecule has 1 N–H and O–H groups in total. The lowest BCUT2D eigenvalue weighted by atomic mass is 9.97. The van der Waals surface area contributed by atoms with Crippen molar-refractivity contribution < 1.29 is 19.4 Å². The average molecular weight is 512 g/mol. The Morgan fingerprint density at radius 3 is 2.42 bits per heavy atom. The van der Waals surface area contributed by atoms with Gasteiger partial charge < -0.3 is 24.2 Å². The number of carboxylic acid groups (broad SMARTS) is 1. The monoisotopic (exact) mass is 511 g/mol. The molecule has 0 bridgehead atoms. The summed E-state index contributed by atoms with van der Waals surface area (Å²) < 4.78 is 7.12. The van der Waals surface area contributed by atoms with Crippen molar-refractivity contribution in [3.8, 4) is 0 Å². The fourth-order valence-electron chi connectivity index (χ4n) is 4.57. The molecule has 0 unspecified atom stereocenters. The van der Waals surface area contributed by atoms with E-state index in [4.69, 9.17) is 16.3 Å². The van der Waals surface area contributed by atoms with Crippen molar-refractivity contribution in [1.29, 1.82) is 0 Å². The largest absolute Gasteiger partial charge is 0.480 e. The molecule has 1 aliphatic rings. The van der Waals surface area contributed by atoms with E-state index in [-0.39, 0.29) is 18.1 Å². The molecule has 0 saturated carbocycles. The number of halogens is 1. The third kappa shape index (κ3) is 4.91. The molecule has 0 atom stereocenters. The van der Waals surface area contributed by atoms with Crippen LogP contribution < -0.4 is 10.3 Å². The zero-order chi connectivity index (χ0) is 26.4. The molecule has 0 spiro atoms. The number of fused-ring (bicyclic) bond motifs is 2. The van der Waals surface area contributed by atoms with E-state index in [1.165, 1.54) is 0 Å². The summed E-state index contributed by atoms with van der Waals surface area (Å²) in [5, 5.41) is 11.0. The topological polar surface area (TPSA) is 92.1 Å². The van der Waals surface area contributed by atoms with Crippen LogP contribution in [0.5, 0.6) is 0 Å². The first kappa shape index (κ1) is 25.6. The normalized spacial score (nSPS) is 14.2. The van der Waals surface area contributed by atoms with E-state index >= 15 is 0 Å². The van der Waals surface area contributed by atoms with E-state index in [2.05, 4.69) is 0 Å². The van der Waals surface area contributed by atoms with Gasteiger partial charge in [-0.25, -0.2) is 4.79 Å². The van der Waals surface area contributed by atoms with Crippen LogP contribution in [0, 0.1) is 0 Å². The number of carbonyl (C=O) groups excluding carboxylic acids is 1. The molecule has 0 aliphatic carbocycles. The fourth-order valence-corrected chi connectivity index (χ4v) is 4.89. The summed E-state index contributed by atoms with van der Waals surface area (Å²) >= 11 is 6.49. The number of ether oxygens (including phenoxy) is 1. The number of amides is 1. The molecular formula is C27H30ClN3O5. The Kier molecular flexibility index (Phi) is 6.75. The number of carbonyl (C=O) groups is 2. The predicted molar refractivity (Wildman–Crippen MR) is 143 cm³/mol. The molecule has 36 heavy (non-hydrogen) atoms. The molecule has 190 valence electrons. The smallest absolute Gasteiger partial charge is 0.410 e. The molecule has 0 radical (unpaired) electrons. The SMILES string of the molecule is CN(C)c1c(Cl)ccc2c(=O)c3ccc(C4=CCN(C(=O)OC(C)(C)C)CC4)cc3n(CC(=O)O)c12. The van der Waals surface area contributed by atoms with Gasteiger partial charge >= 0.3 is 12.1 Å². The Morgan fingerprint density at radius 2 is 1.83 bits per heavy atom. The highest BCUT2D eigenvalue weighted by atomic mass is 35.5. The third-order valence-corrected chi connectivity index (χ3v) is 6.43. The highest BCUT2D eigenvalue weighted by Crippen LogP contribution is 2.35. The van der Waals surface area contributed by atoms with Crippen molar-refractivity contribution in [2.45, 2.75) is 39.3 Å². The molecule has 4 rings (SSSR count). The second-order valence-electron chi connectivity index (χ2n) is 10.1. The zero-order valence-corrected chi connectivity index (χ0v) is 21.8. The van der Waals surface area contributed by atoms with Gasteiger partial charge in [0.15, 0.2) is 5.43 Å². The van der Waals surface area contributed by atoms with Gasteiger partial charge in [-0.15, -0.1) is 0 Å². The van der Waals surface area contributed by atoms with E-state index in [1.54, 1.807) is 46.7 Å². The third-order valence-electron chi connectivity index (χ3n) is 6.12. The van der Waals surface area contributed by atoms with E-state index in [0.717, 1.165) is 11.1 Å². The second-order valence-corrected chi connectivity index (χ2v) is 10.5. The maximum atomic E-state index is 13.4. The number of aromatic nitrogens is 1. The summed E-state index contributed by atoms with van der Waals surface area (Å²) in [5.74, 6) is -1.03. The van der Waals surface area contributed by atoms with Crippen LogP contribution in [0.15, 0.2) is 41.2 Å². The van der Waals surface area contributed by atoms with E-state index in [0.29, 0.717) is 52.0 Å². The molecule has 1 aromatic heterocycles. The van der Waals surface area contributed by atoms with Crippen LogP contribution in [0.3, 0.4) is 0 Å². The number of anilines is 1. The first-order chi connectivity index (χ1) is 16.9. The van der Waals surface area contributed by atoms with Crippen LogP contribution in [0.2, 0.25) is 5.02 Å². The molecule has 1 amide bonds. The summed E-state index contributed by atoms with van der Waals surface area (Å²) in [6.45, 7) is 6.08. The van der Waals surface area contributed by atoms with Crippen LogP contribution in [0.1, 0.15) is 32.8 Å². The number of rotatable bonds is 4. The Hall–Kier alpha value is -3.52. The van der Waals surface area contributed by atoms with Gasteiger partial charge in [0.1, 0.15) is 12.1 Å². The molecule has 8 nitrogen and oxygen atoms in total. The van der Waals surface area contributed by atoms with Gasteiger partial charge in [0.05, 0.1) is 21.7 Å². The number of carboxylic acids is 1. The minimum atomic E-state index is -1.03. The maximum absolute atomic E-state index is 13.4. The van der Waals surface area contributed by atoms with Crippen molar-refractivity contribution in [3.63, 3.8) is 0 Å². The maximum Gasteiger partial charge on any atom is 0.410 e. The van der Waals surface area contributed by atoms with Crippen molar-refractivity contribution in [3.05, 3.63) is 57.2 Å². The number of benzene rings is 2. The quantitative estimate of drug-likeness (QED) is 0.496. The van der Waals surface area contributed by atoms with Gasteiger partial charge in [0.25, 0.3) is 0 Å². The number of aliphatic carboxylic acids is 1. The van der Waals surface area contributed by atoms with Gasteiger partial charge in [-0.2, -0.15) is 0 Å². The standard InChI is InChI=1S/C27H30ClN3O5/c1-27(2,3)36-26(35)30-12-10-16(11-13-30)17-6-7-18-21(14-17)31(15-22(32)33)23-19(25(18)34)8-9-20(28)24(23)29(4)5/h6-10,14H,11-13,15H2,1-5H3,(H,32,33). The molecular weight excluding hydrogens is 482 g/mol. The Balaban J connectivity index is 1.85. The minimum absolute atomic E-state index is 0.179. The summed E-state index contributed by atoms with van der Waals surface area (Å²) in [5.41, 5.74) is 2.74. The molecule has 9 heteroatoms. The van der Waals surface area contributed by atoms with Crippen LogP contribution in [0.25, 0.3) is 27.4 Å². The zero-order valence-electron chi connectivity index (χ0n) is 21.1. The molecule has 2 aromatic carbocycles. The molecule has 1 aliphatic heterocycles. The van der Waals surface area contributed by atoms with E-state index in [1.807, 2.05) is 39.0 Å². The summed E-state index contributed by atoms with van der Waals surface area (Å²) in [6, 6.07) is 8.78. The molecule has 3 aromatic rings. The van der Waals surface area contributed by atoms with Crippen molar-refractivity contribution >= 4 is 56.7 Å². The summed E-state index contributed by atoms with van der Waals surface area (Å²) in [6.07, 6.45) is 2.22. The molecule has 0 saturated heterocycles. The highest BCUT2D eigenvalue weighted by molar-refractivity contribution is 6.35. The Labute approximate surface area is 214 Å². The summed E-state index contributed by atoms with van der Waals surface area (Å²) in [7, 11) is 3.61. The Morgan fingerprint density at radius 1 is 1.14 bits per heavy atom. The van der Waals surface area contributed by atoms with Gasteiger partial charge in [0, 0.05) is 38.0 Å². The first-order valence-electron chi connectivity index (χ1n) is 11.7. The first-order valence-corrected chi connectivity index (χ1v) is 12.1. The second kappa shape index (κ2) is 9.50. The van der Waals surface area contributed by atoms with E-state index in [9.17, 15) is 19.5 Å². The lowest BCUT2D eigenvalue weighted by Crippen LogP contribution is -2.39. The fraction of sp³-hybridized carbons (Fsp3) is 0.370. The number of hydrogen-bond donors (Lipinski definition) is 1. The molecule has 0 fully saturated rings. The van der Waals surface area contributed by atoms with E-state index < -0.39 is 11.6 Å². The minimum Gasteiger partial charge on any atom is -0.480 e.